The molecule has 0 aliphatic carbocycles. The van der Waals surface area contributed by atoms with Crippen LogP contribution in [0.15, 0.2) is 24.3 Å². The molecule has 0 aromatic heterocycles. The third kappa shape index (κ3) is 6.13. The number of likely N-dealkylation sites (tertiary alicyclic amines) is 1. The van der Waals surface area contributed by atoms with Crippen molar-refractivity contribution in [2.45, 2.75) is 18.3 Å². The predicted molar refractivity (Wildman–Crippen MR) is 95.2 cm³/mol. The third-order valence-corrected chi connectivity index (χ3v) is 4.64. The fraction of sp³-hybridized carbons (Fsp3) is 0.500. The molecule has 2 amide bonds. The molecule has 166 valence electrons. The maximum Gasteiger partial charge on any atom is 0.490 e. The maximum absolute atomic E-state index is 13.3. The summed E-state index contributed by atoms with van der Waals surface area (Å²) in [5.74, 6) is -3.44. The van der Waals surface area contributed by atoms with Crippen LogP contribution in [0.3, 0.4) is 0 Å². The maximum atomic E-state index is 13.3. The zero-order chi connectivity index (χ0) is 22.5. The van der Waals surface area contributed by atoms with Gasteiger partial charge in [0, 0.05) is 32.2 Å². The van der Waals surface area contributed by atoms with Gasteiger partial charge in [0.15, 0.2) is 0 Å². The Labute approximate surface area is 169 Å². The van der Waals surface area contributed by atoms with Crippen LogP contribution in [-0.4, -0.2) is 90.8 Å². The number of carboxylic acid groups (broad SMARTS) is 1. The van der Waals surface area contributed by atoms with Crippen LogP contribution >= 0.6 is 0 Å². The number of benzene rings is 1. The van der Waals surface area contributed by atoms with Crippen LogP contribution in [0.4, 0.5) is 17.6 Å². The number of alkyl halides is 3. The number of fused-ring (bicyclic) bond motifs is 1. The number of ether oxygens (including phenoxy) is 1. The molecular formula is C18H21F4N3O5. The summed E-state index contributed by atoms with van der Waals surface area (Å²) in [6, 6.07) is 5.69. The van der Waals surface area contributed by atoms with E-state index in [2.05, 4.69) is 5.32 Å². The Bertz CT molecular complexity index is 789. The van der Waals surface area contributed by atoms with E-state index in [0.717, 1.165) is 0 Å². The number of likely N-dealkylation sites (N-methyl/N-ethyl adjacent to an activating group) is 1. The van der Waals surface area contributed by atoms with Crippen molar-refractivity contribution in [2.24, 2.45) is 0 Å². The quantitative estimate of drug-likeness (QED) is 0.680. The van der Waals surface area contributed by atoms with E-state index in [1.54, 1.807) is 18.0 Å². The van der Waals surface area contributed by atoms with Crippen molar-refractivity contribution in [3.05, 3.63) is 35.6 Å². The molecule has 2 aliphatic heterocycles. The first kappa shape index (κ1) is 23.5. The van der Waals surface area contributed by atoms with E-state index in [0.29, 0.717) is 38.3 Å². The lowest BCUT2D eigenvalue weighted by molar-refractivity contribution is -0.192. The molecule has 8 nitrogen and oxygen atoms in total. The monoisotopic (exact) mass is 435 g/mol. The molecule has 30 heavy (non-hydrogen) atoms. The van der Waals surface area contributed by atoms with Gasteiger partial charge in [-0.15, -0.1) is 0 Å². The SMILES string of the molecule is CNC(=O)CN1CCO[C@H]2CN(C(=O)c3cccc(F)c3)C[C@H]21.O=C(O)C(F)(F)F. The van der Waals surface area contributed by atoms with E-state index in [9.17, 15) is 27.2 Å². The fourth-order valence-corrected chi connectivity index (χ4v) is 3.19. The second-order valence-corrected chi connectivity index (χ2v) is 6.64. The molecule has 2 atom stereocenters. The molecule has 2 heterocycles. The van der Waals surface area contributed by atoms with Crippen molar-refractivity contribution in [3.63, 3.8) is 0 Å². The lowest BCUT2D eigenvalue weighted by Crippen LogP contribution is -2.53. The number of carbonyl (C=O) groups excluding carboxylic acids is 2. The summed E-state index contributed by atoms with van der Waals surface area (Å²) >= 11 is 0. The molecule has 2 fully saturated rings. The summed E-state index contributed by atoms with van der Waals surface area (Å²) in [7, 11) is 1.61. The smallest absolute Gasteiger partial charge is 0.475 e. The Morgan fingerprint density at radius 2 is 1.93 bits per heavy atom. The highest BCUT2D eigenvalue weighted by Crippen LogP contribution is 2.24. The first-order valence-corrected chi connectivity index (χ1v) is 8.94. The second kappa shape index (κ2) is 9.85. The molecule has 0 radical (unpaired) electrons. The molecule has 2 saturated heterocycles. The number of hydrogen-bond acceptors (Lipinski definition) is 5. The Kier molecular flexibility index (Phi) is 7.73. The van der Waals surface area contributed by atoms with Gasteiger partial charge in [-0.2, -0.15) is 13.2 Å². The predicted octanol–water partition coefficient (Wildman–Crippen LogP) is 0.730. The lowest BCUT2D eigenvalue weighted by Gasteiger charge is -2.35. The van der Waals surface area contributed by atoms with Crippen LogP contribution in [-0.2, 0) is 14.3 Å². The highest BCUT2D eigenvalue weighted by molar-refractivity contribution is 5.94. The summed E-state index contributed by atoms with van der Waals surface area (Å²) in [6.45, 7) is 2.45. The van der Waals surface area contributed by atoms with Gasteiger partial charge in [-0.3, -0.25) is 14.5 Å². The second-order valence-electron chi connectivity index (χ2n) is 6.64. The number of carbonyl (C=O) groups is 3. The van der Waals surface area contributed by atoms with E-state index in [1.165, 1.54) is 18.2 Å². The molecule has 1 aromatic rings. The van der Waals surface area contributed by atoms with Crippen molar-refractivity contribution >= 4 is 17.8 Å². The molecule has 0 saturated carbocycles. The van der Waals surface area contributed by atoms with Gasteiger partial charge in [0.25, 0.3) is 5.91 Å². The Hall–Kier alpha value is -2.73. The summed E-state index contributed by atoms with van der Waals surface area (Å²) < 4.78 is 50.8. The summed E-state index contributed by atoms with van der Waals surface area (Å²) in [5.41, 5.74) is 0.335. The molecule has 0 spiro atoms. The fourth-order valence-electron chi connectivity index (χ4n) is 3.19. The molecule has 0 unspecified atom stereocenters. The van der Waals surface area contributed by atoms with E-state index < -0.39 is 18.0 Å². The molecular weight excluding hydrogens is 414 g/mol. The van der Waals surface area contributed by atoms with Gasteiger partial charge in [0.2, 0.25) is 5.91 Å². The number of hydrogen-bond donors (Lipinski definition) is 2. The Morgan fingerprint density at radius 1 is 1.27 bits per heavy atom. The minimum Gasteiger partial charge on any atom is -0.475 e. The average Bonchev–Trinajstić information content (AvgIpc) is 3.12. The van der Waals surface area contributed by atoms with Gasteiger partial charge < -0.3 is 20.1 Å². The number of nitrogens with zero attached hydrogens (tertiary/aromatic N) is 2. The van der Waals surface area contributed by atoms with Gasteiger partial charge >= 0.3 is 12.1 Å². The van der Waals surface area contributed by atoms with Crippen LogP contribution in [0.1, 0.15) is 10.4 Å². The lowest BCUT2D eigenvalue weighted by atomic mass is 10.1. The van der Waals surface area contributed by atoms with E-state index in [1.807, 2.05) is 4.90 Å². The number of nitrogens with one attached hydrogen (secondary N) is 1. The van der Waals surface area contributed by atoms with E-state index in [4.69, 9.17) is 14.6 Å². The zero-order valence-corrected chi connectivity index (χ0v) is 16.0. The van der Waals surface area contributed by atoms with Crippen molar-refractivity contribution < 1.29 is 41.8 Å². The van der Waals surface area contributed by atoms with Crippen LogP contribution in [0.2, 0.25) is 0 Å². The molecule has 0 bridgehead atoms. The van der Waals surface area contributed by atoms with Gasteiger partial charge in [0.1, 0.15) is 5.82 Å². The molecule has 2 aliphatic rings. The minimum absolute atomic E-state index is 0.00133. The number of carboxylic acids is 1. The van der Waals surface area contributed by atoms with Crippen molar-refractivity contribution in [1.82, 2.24) is 15.1 Å². The highest BCUT2D eigenvalue weighted by Gasteiger charge is 2.42. The highest BCUT2D eigenvalue weighted by atomic mass is 19.4. The zero-order valence-electron chi connectivity index (χ0n) is 16.0. The van der Waals surface area contributed by atoms with Gasteiger partial charge in [-0.25, -0.2) is 9.18 Å². The van der Waals surface area contributed by atoms with Crippen LogP contribution < -0.4 is 5.32 Å². The molecule has 12 heteroatoms. The van der Waals surface area contributed by atoms with Gasteiger partial charge in [-0.1, -0.05) is 6.07 Å². The molecule has 2 N–H and O–H groups in total. The number of rotatable bonds is 3. The van der Waals surface area contributed by atoms with Crippen LogP contribution in [0.25, 0.3) is 0 Å². The number of aliphatic carboxylic acids is 1. The molecule has 1 aromatic carbocycles. The van der Waals surface area contributed by atoms with E-state index >= 15 is 0 Å². The topological polar surface area (TPSA) is 99.2 Å². The van der Waals surface area contributed by atoms with Gasteiger partial charge in [-0.05, 0) is 18.2 Å². The Balaban J connectivity index is 0.000000396. The number of halogens is 4. The van der Waals surface area contributed by atoms with Crippen LogP contribution in [0.5, 0.6) is 0 Å². The summed E-state index contributed by atoms with van der Waals surface area (Å²) in [4.78, 5) is 36.8. The number of amides is 2. The summed E-state index contributed by atoms with van der Waals surface area (Å²) in [6.07, 6.45) is -5.19. The average molecular weight is 435 g/mol. The van der Waals surface area contributed by atoms with Crippen molar-refractivity contribution in [3.8, 4) is 0 Å². The Morgan fingerprint density at radius 3 is 2.50 bits per heavy atom. The normalized spacial score (nSPS) is 21.3. The van der Waals surface area contributed by atoms with Crippen molar-refractivity contribution in [2.75, 3.05) is 39.8 Å². The minimum atomic E-state index is -5.08. The largest absolute Gasteiger partial charge is 0.490 e. The van der Waals surface area contributed by atoms with Crippen molar-refractivity contribution in [1.29, 1.82) is 0 Å². The first-order valence-electron chi connectivity index (χ1n) is 8.94. The standard InChI is InChI=1S/C16H20FN3O3.C2HF3O2/c1-18-15(21)10-19-5-6-23-14-9-20(8-13(14)19)16(22)11-3-2-4-12(17)7-11;3-2(4,5)1(6)7/h2-4,7,13-14H,5-6,8-10H2,1H3,(H,18,21);(H,6,7)/t13-,14+;/m1./s1. The van der Waals surface area contributed by atoms with Gasteiger partial charge in [0.05, 0.1) is 25.3 Å². The molecule has 3 rings (SSSR count). The first-order chi connectivity index (χ1) is 14.0. The van der Waals surface area contributed by atoms with Crippen LogP contribution in [0, 0.1) is 5.82 Å². The summed E-state index contributed by atoms with van der Waals surface area (Å²) in [5, 5.41) is 9.74. The number of morpholine rings is 1. The van der Waals surface area contributed by atoms with E-state index in [-0.39, 0.29) is 24.0 Å². The third-order valence-electron chi connectivity index (χ3n) is 4.64.